The van der Waals surface area contributed by atoms with Crippen molar-refractivity contribution in [2.75, 3.05) is 7.11 Å². The van der Waals surface area contributed by atoms with Crippen LogP contribution < -0.4 is 10.1 Å². The molecule has 2 fully saturated rings. The molecule has 40 heavy (non-hydrogen) atoms. The number of benzene rings is 3. The zero-order chi connectivity index (χ0) is 27.4. The van der Waals surface area contributed by atoms with Crippen LogP contribution >= 0.6 is 0 Å². The molecule has 2 heterocycles. The Morgan fingerprint density at radius 1 is 0.925 bits per heavy atom. The summed E-state index contributed by atoms with van der Waals surface area (Å²) in [6.07, 6.45) is 1.80. The van der Waals surface area contributed by atoms with Crippen molar-refractivity contribution in [3.63, 3.8) is 0 Å². The van der Waals surface area contributed by atoms with E-state index < -0.39 is 12.0 Å². The molecule has 2 amide bonds. The van der Waals surface area contributed by atoms with E-state index in [1.54, 1.807) is 12.0 Å². The highest BCUT2D eigenvalue weighted by Gasteiger charge is 2.63. The standard InChI is InChI=1S/C33H30N2O5/c1-39-22-13-11-20(12-14-22)18-40-33(38)31-29-24-16-21-9-5-6-10-23(21)28(24)25(29)17-26-30(32(37)35(26)31)34-27(36)15-19-7-3-2-4-8-19/h2-14,24-26,28,30H,15-18H2,1H3,(H,34,36)/t24-,25-,26+,28+,30-/m0/s1. The molecule has 0 spiro atoms. The predicted octanol–water partition coefficient (Wildman–Crippen LogP) is 3.92. The number of carbonyl (C=O) groups excluding carboxylic acids is 3. The number of fused-ring (bicyclic) bond motifs is 7. The van der Waals surface area contributed by atoms with Crippen molar-refractivity contribution in [3.05, 3.63) is 112 Å². The SMILES string of the molecule is COc1ccc(COC(=O)C2=C3[C@H]4Cc5ccccc5[C@H]4[C@@H]3C[C@@H]3[C@H](NC(=O)Cc4ccccc4)C(=O)N23)cc1. The molecule has 7 nitrogen and oxygen atoms in total. The van der Waals surface area contributed by atoms with Gasteiger partial charge in [0.05, 0.1) is 19.6 Å². The quantitative estimate of drug-likeness (QED) is 0.367. The Kier molecular flexibility index (Phi) is 5.95. The molecule has 2 aliphatic heterocycles. The summed E-state index contributed by atoms with van der Waals surface area (Å²) in [6, 6.07) is 24.4. The van der Waals surface area contributed by atoms with Crippen molar-refractivity contribution in [1.82, 2.24) is 10.2 Å². The molecule has 2 aliphatic carbocycles. The number of esters is 1. The lowest BCUT2D eigenvalue weighted by atomic mass is 9.55. The van der Waals surface area contributed by atoms with Gasteiger partial charge in [-0.1, -0.05) is 66.7 Å². The fourth-order valence-corrected chi connectivity index (χ4v) is 7.18. The number of methoxy groups -OCH3 is 1. The van der Waals surface area contributed by atoms with Crippen molar-refractivity contribution in [2.24, 2.45) is 11.8 Å². The van der Waals surface area contributed by atoms with Crippen molar-refractivity contribution in [3.8, 4) is 5.75 Å². The summed E-state index contributed by atoms with van der Waals surface area (Å²) in [6.45, 7) is 0.0997. The minimum Gasteiger partial charge on any atom is -0.497 e. The first-order valence-corrected chi connectivity index (χ1v) is 13.8. The summed E-state index contributed by atoms with van der Waals surface area (Å²) < 4.78 is 11.0. The van der Waals surface area contributed by atoms with Crippen LogP contribution in [0.1, 0.15) is 34.6 Å². The molecule has 7 rings (SSSR count). The smallest absolute Gasteiger partial charge is 0.355 e. The van der Waals surface area contributed by atoms with Gasteiger partial charge in [-0.3, -0.25) is 14.5 Å². The van der Waals surface area contributed by atoms with Crippen LogP contribution in [0.2, 0.25) is 0 Å². The van der Waals surface area contributed by atoms with Gasteiger partial charge in [-0.05, 0) is 70.6 Å². The number of carbonyl (C=O) groups is 3. The van der Waals surface area contributed by atoms with Gasteiger partial charge in [0.25, 0.3) is 5.91 Å². The third kappa shape index (κ3) is 3.91. The van der Waals surface area contributed by atoms with Crippen LogP contribution in [-0.4, -0.2) is 41.9 Å². The normalized spacial score (nSPS) is 25.5. The number of hydrogen-bond acceptors (Lipinski definition) is 5. The Morgan fingerprint density at radius 2 is 1.68 bits per heavy atom. The minimum atomic E-state index is -0.641. The highest BCUT2D eigenvalue weighted by molar-refractivity contribution is 6.03. The van der Waals surface area contributed by atoms with Crippen LogP contribution in [-0.2, 0) is 38.6 Å². The first kappa shape index (κ1) is 24.6. The van der Waals surface area contributed by atoms with Crippen LogP contribution in [0.5, 0.6) is 5.75 Å². The van der Waals surface area contributed by atoms with Crippen molar-refractivity contribution in [2.45, 2.75) is 43.9 Å². The largest absolute Gasteiger partial charge is 0.497 e. The molecule has 0 unspecified atom stereocenters. The second-order valence-corrected chi connectivity index (χ2v) is 11.1. The number of β-lactam (4-membered cyclic amide) rings is 1. The van der Waals surface area contributed by atoms with Gasteiger partial charge in [0.15, 0.2) is 0 Å². The van der Waals surface area contributed by atoms with E-state index in [0.29, 0.717) is 11.6 Å². The number of hydrogen-bond donors (Lipinski definition) is 1. The summed E-state index contributed by atoms with van der Waals surface area (Å²) in [7, 11) is 1.60. The minimum absolute atomic E-state index is 0.0997. The highest BCUT2D eigenvalue weighted by Crippen LogP contribution is 2.64. The van der Waals surface area contributed by atoms with E-state index >= 15 is 0 Å². The van der Waals surface area contributed by atoms with Crippen molar-refractivity contribution < 1.29 is 23.9 Å². The summed E-state index contributed by atoms with van der Waals surface area (Å²) >= 11 is 0. The number of nitrogens with zero attached hydrogens (tertiary/aromatic N) is 1. The summed E-state index contributed by atoms with van der Waals surface area (Å²) in [4.78, 5) is 41.6. The molecule has 7 heteroatoms. The average molecular weight is 535 g/mol. The van der Waals surface area contributed by atoms with E-state index in [1.165, 1.54) is 11.1 Å². The summed E-state index contributed by atoms with van der Waals surface area (Å²) in [5.74, 6) is 0.497. The molecule has 0 radical (unpaired) electrons. The van der Waals surface area contributed by atoms with E-state index in [9.17, 15) is 14.4 Å². The molecule has 3 aromatic rings. The fraction of sp³-hybridized carbons (Fsp3) is 0.303. The maximum Gasteiger partial charge on any atom is 0.355 e. The zero-order valence-corrected chi connectivity index (χ0v) is 22.2. The molecule has 1 saturated carbocycles. The highest BCUT2D eigenvalue weighted by atomic mass is 16.5. The van der Waals surface area contributed by atoms with Crippen LogP contribution in [0.15, 0.2) is 90.1 Å². The molecule has 0 bridgehead atoms. The van der Waals surface area contributed by atoms with Gasteiger partial charge < -0.3 is 14.8 Å². The average Bonchev–Trinajstić information content (AvgIpc) is 3.31. The lowest BCUT2D eigenvalue weighted by Gasteiger charge is -2.58. The van der Waals surface area contributed by atoms with E-state index in [4.69, 9.17) is 9.47 Å². The molecule has 1 N–H and O–H groups in total. The van der Waals surface area contributed by atoms with Crippen LogP contribution in [0, 0.1) is 11.8 Å². The summed E-state index contributed by atoms with van der Waals surface area (Å²) in [5, 5.41) is 2.96. The molecule has 202 valence electrons. The van der Waals surface area contributed by atoms with Crippen molar-refractivity contribution in [1.29, 1.82) is 0 Å². The van der Waals surface area contributed by atoms with Gasteiger partial charge in [-0.2, -0.15) is 0 Å². The van der Waals surface area contributed by atoms with E-state index in [2.05, 4.69) is 29.6 Å². The van der Waals surface area contributed by atoms with Gasteiger partial charge in [0.1, 0.15) is 24.1 Å². The Labute approximate surface area is 232 Å². The molecule has 4 aliphatic rings. The van der Waals surface area contributed by atoms with Gasteiger partial charge in [-0.25, -0.2) is 4.79 Å². The zero-order valence-electron chi connectivity index (χ0n) is 22.2. The topological polar surface area (TPSA) is 84.9 Å². The van der Waals surface area contributed by atoms with Gasteiger partial charge >= 0.3 is 5.97 Å². The molecule has 3 aromatic carbocycles. The number of nitrogens with one attached hydrogen (secondary N) is 1. The van der Waals surface area contributed by atoms with E-state index in [1.807, 2.05) is 54.6 Å². The third-order valence-corrected chi connectivity index (χ3v) is 9.00. The van der Waals surface area contributed by atoms with Gasteiger partial charge in [0, 0.05) is 0 Å². The second kappa shape index (κ2) is 9.66. The van der Waals surface area contributed by atoms with Crippen LogP contribution in [0.4, 0.5) is 0 Å². The molecule has 5 atom stereocenters. The maximum atomic E-state index is 13.7. The Balaban J connectivity index is 1.15. The number of rotatable bonds is 7. The molecule has 1 saturated heterocycles. The molecular weight excluding hydrogens is 504 g/mol. The third-order valence-electron chi connectivity index (χ3n) is 9.00. The lowest BCUT2D eigenvalue weighted by Crippen LogP contribution is -2.73. The number of ether oxygens (including phenoxy) is 2. The Bertz CT molecular complexity index is 1530. The van der Waals surface area contributed by atoms with Crippen molar-refractivity contribution >= 4 is 17.8 Å². The van der Waals surface area contributed by atoms with E-state index in [0.717, 1.165) is 35.3 Å². The van der Waals surface area contributed by atoms with E-state index in [-0.39, 0.29) is 42.7 Å². The Morgan fingerprint density at radius 3 is 2.45 bits per heavy atom. The summed E-state index contributed by atoms with van der Waals surface area (Å²) in [5.41, 5.74) is 5.82. The monoisotopic (exact) mass is 534 g/mol. The molecule has 0 aromatic heterocycles. The number of amides is 2. The first-order valence-electron chi connectivity index (χ1n) is 13.8. The van der Waals surface area contributed by atoms with Gasteiger partial charge in [-0.15, -0.1) is 0 Å². The van der Waals surface area contributed by atoms with Gasteiger partial charge in [0.2, 0.25) is 5.91 Å². The second-order valence-electron chi connectivity index (χ2n) is 11.1. The lowest BCUT2D eigenvalue weighted by molar-refractivity contribution is -0.160. The number of allylic oxidation sites excluding steroid dienone is 1. The van der Waals surface area contributed by atoms with Crippen LogP contribution in [0.3, 0.4) is 0 Å². The fourth-order valence-electron chi connectivity index (χ4n) is 7.18. The molecular formula is C33H30N2O5. The maximum absolute atomic E-state index is 13.7. The Hall–Kier alpha value is -4.39. The van der Waals surface area contributed by atoms with Crippen LogP contribution in [0.25, 0.3) is 0 Å². The first-order chi connectivity index (χ1) is 19.5. The predicted molar refractivity (Wildman–Crippen MR) is 147 cm³/mol.